The molecule has 1 aromatic rings. The first-order valence-electron chi connectivity index (χ1n) is 7.74. The second kappa shape index (κ2) is 7.29. The maximum Gasteiger partial charge on any atom is 0.341 e. The van der Waals surface area contributed by atoms with Crippen molar-refractivity contribution in [2.24, 2.45) is 5.92 Å². The van der Waals surface area contributed by atoms with Crippen LogP contribution in [0.2, 0.25) is 0 Å². The number of aromatic nitrogens is 1. The molecule has 1 atom stereocenters. The van der Waals surface area contributed by atoms with Crippen molar-refractivity contribution in [1.82, 2.24) is 4.98 Å². The van der Waals surface area contributed by atoms with E-state index in [1.807, 2.05) is 0 Å². The van der Waals surface area contributed by atoms with Gasteiger partial charge >= 0.3 is 5.97 Å². The highest BCUT2D eigenvalue weighted by Crippen LogP contribution is 2.27. The van der Waals surface area contributed by atoms with Crippen LogP contribution in [0.15, 0.2) is 12.3 Å². The molecule has 0 aliphatic carbocycles. The number of rotatable bonds is 4. The number of ether oxygens (including phenoxy) is 1. The van der Waals surface area contributed by atoms with Gasteiger partial charge < -0.3 is 15.4 Å². The predicted molar refractivity (Wildman–Crippen MR) is 84.5 cm³/mol. The highest BCUT2D eigenvalue weighted by molar-refractivity contribution is 5.95. The number of anilines is 2. The summed E-state index contributed by atoms with van der Waals surface area (Å²) in [5.41, 5.74) is 6.70. The lowest BCUT2D eigenvalue weighted by atomic mass is 9.96. The van der Waals surface area contributed by atoms with Crippen LogP contribution in [-0.2, 0) is 4.74 Å². The molecule has 0 bridgehead atoms. The molecule has 0 saturated carbocycles. The fourth-order valence-corrected chi connectivity index (χ4v) is 3.06. The molecule has 0 aromatic carbocycles. The monoisotopic (exact) mass is 291 g/mol. The van der Waals surface area contributed by atoms with Gasteiger partial charge in [0, 0.05) is 13.1 Å². The highest BCUT2D eigenvalue weighted by Gasteiger charge is 2.22. The number of esters is 1. The molecule has 1 fully saturated rings. The summed E-state index contributed by atoms with van der Waals surface area (Å²) in [6.07, 6.45) is 7.67. The van der Waals surface area contributed by atoms with Crippen LogP contribution in [0, 0.1) is 5.92 Å². The van der Waals surface area contributed by atoms with Crippen molar-refractivity contribution in [1.29, 1.82) is 0 Å². The Morgan fingerprint density at radius 1 is 1.48 bits per heavy atom. The SMILES string of the molecule is CCCC1CCCN(c2ncc(N)cc2C(=O)OC)CC1. The number of nitrogens with zero attached hydrogens (tertiary/aromatic N) is 2. The van der Waals surface area contributed by atoms with Crippen molar-refractivity contribution < 1.29 is 9.53 Å². The third-order valence-corrected chi connectivity index (χ3v) is 4.14. The highest BCUT2D eigenvalue weighted by atomic mass is 16.5. The molecule has 0 amide bonds. The summed E-state index contributed by atoms with van der Waals surface area (Å²) in [6.45, 7) is 4.10. The minimum Gasteiger partial charge on any atom is -0.465 e. The Hall–Kier alpha value is -1.78. The quantitative estimate of drug-likeness (QED) is 0.864. The number of nitrogens with two attached hydrogens (primary N) is 1. The number of carbonyl (C=O) groups excluding carboxylic acids is 1. The minimum atomic E-state index is -0.376. The van der Waals surface area contributed by atoms with Gasteiger partial charge in [-0.25, -0.2) is 9.78 Å². The molecule has 5 nitrogen and oxygen atoms in total. The van der Waals surface area contributed by atoms with Crippen molar-refractivity contribution >= 4 is 17.5 Å². The average Bonchev–Trinajstić information content (AvgIpc) is 2.72. The molecular weight excluding hydrogens is 266 g/mol. The lowest BCUT2D eigenvalue weighted by molar-refractivity contribution is 0.0601. The van der Waals surface area contributed by atoms with Crippen LogP contribution in [-0.4, -0.2) is 31.2 Å². The maximum absolute atomic E-state index is 11.9. The van der Waals surface area contributed by atoms with E-state index in [4.69, 9.17) is 10.5 Å². The molecule has 1 aromatic heterocycles. The summed E-state index contributed by atoms with van der Waals surface area (Å²) in [6, 6.07) is 1.66. The average molecular weight is 291 g/mol. The Labute approximate surface area is 126 Å². The summed E-state index contributed by atoms with van der Waals surface area (Å²) < 4.78 is 4.85. The lowest BCUT2D eigenvalue weighted by Gasteiger charge is -2.23. The summed E-state index contributed by atoms with van der Waals surface area (Å²) in [4.78, 5) is 18.5. The van der Waals surface area contributed by atoms with Gasteiger partial charge in [-0.1, -0.05) is 19.8 Å². The molecule has 1 unspecified atom stereocenters. The van der Waals surface area contributed by atoms with E-state index in [0.717, 1.165) is 31.8 Å². The van der Waals surface area contributed by atoms with Crippen molar-refractivity contribution in [2.45, 2.75) is 39.0 Å². The maximum atomic E-state index is 11.9. The van der Waals surface area contributed by atoms with Gasteiger partial charge in [-0.3, -0.25) is 0 Å². The Morgan fingerprint density at radius 3 is 3.00 bits per heavy atom. The number of hydrogen-bond acceptors (Lipinski definition) is 5. The van der Waals surface area contributed by atoms with Crippen LogP contribution in [0.5, 0.6) is 0 Å². The Kier molecular flexibility index (Phi) is 5.42. The van der Waals surface area contributed by atoms with E-state index in [0.29, 0.717) is 17.1 Å². The summed E-state index contributed by atoms with van der Waals surface area (Å²) >= 11 is 0. The van der Waals surface area contributed by atoms with E-state index < -0.39 is 0 Å². The Bertz CT molecular complexity index is 490. The fourth-order valence-electron chi connectivity index (χ4n) is 3.06. The first-order chi connectivity index (χ1) is 10.2. The van der Waals surface area contributed by atoms with Crippen molar-refractivity contribution in [3.63, 3.8) is 0 Å². The molecular formula is C16H25N3O2. The molecule has 0 spiro atoms. The largest absolute Gasteiger partial charge is 0.465 e. The zero-order valence-electron chi connectivity index (χ0n) is 13.0. The van der Waals surface area contributed by atoms with Crippen LogP contribution in [0.3, 0.4) is 0 Å². The van der Waals surface area contributed by atoms with Crippen molar-refractivity contribution in [2.75, 3.05) is 30.8 Å². The van der Waals surface area contributed by atoms with Crippen molar-refractivity contribution in [3.05, 3.63) is 17.8 Å². The van der Waals surface area contributed by atoms with E-state index in [1.54, 1.807) is 12.3 Å². The number of carbonyl (C=O) groups is 1. The zero-order valence-corrected chi connectivity index (χ0v) is 13.0. The smallest absolute Gasteiger partial charge is 0.341 e. The molecule has 1 aliphatic heterocycles. The first kappa shape index (κ1) is 15.6. The van der Waals surface area contributed by atoms with Crippen LogP contribution in [0.25, 0.3) is 0 Å². The molecule has 1 saturated heterocycles. The van der Waals surface area contributed by atoms with E-state index in [2.05, 4.69) is 16.8 Å². The van der Waals surface area contributed by atoms with Gasteiger partial charge in [0.05, 0.1) is 19.0 Å². The number of nitrogen functional groups attached to an aromatic ring is 1. The summed E-state index contributed by atoms with van der Waals surface area (Å²) in [5.74, 6) is 1.11. The fraction of sp³-hybridized carbons (Fsp3) is 0.625. The predicted octanol–water partition coefficient (Wildman–Crippen LogP) is 2.86. The van der Waals surface area contributed by atoms with Gasteiger partial charge in [-0.05, 0) is 31.2 Å². The van der Waals surface area contributed by atoms with Crippen LogP contribution >= 0.6 is 0 Å². The van der Waals surface area contributed by atoms with Gasteiger partial charge in [0.2, 0.25) is 0 Å². The van der Waals surface area contributed by atoms with Crippen LogP contribution in [0.1, 0.15) is 49.4 Å². The standard InChI is InChI=1S/C16H25N3O2/c1-3-5-12-6-4-8-19(9-7-12)15-14(16(20)21-2)10-13(17)11-18-15/h10-12H,3-9,17H2,1-2H3. The molecule has 21 heavy (non-hydrogen) atoms. The van der Waals surface area contributed by atoms with E-state index in [9.17, 15) is 4.79 Å². The molecule has 1 aliphatic rings. The topological polar surface area (TPSA) is 68.5 Å². The third-order valence-electron chi connectivity index (χ3n) is 4.14. The van der Waals surface area contributed by atoms with E-state index >= 15 is 0 Å². The Balaban J connectivity index is 2.19. The first-order valence-corrected chi connectivity index (χ1v) is 7.74. The van der Waals surface area contributed by atoms with Gasteiger partial charge in [0.25, 0.3) is 0 Å². The summed E-state index contributed by atoms with van der Waals surface area (Å²) in [5, 5.41) is 0. The number of pyridine rings is 1. The van der Waals surface area contributed by atoms with Crippen molar-refractivity contribution in [3.8, 4) is 0 Å². The van der Waals surface area contributed by atoms with Crippen LogP contribution < -0.4 is 10.6 Å². The second-order valence-corrected chi connectivity index (χ2v) is 5.70. The van der Waals surface area contributed by atoms with Gasteiger partial charge in [0.1, 0.15) is 11.4 Å². The molecule has 5 heteroatoms. The lowest BCUT2D eigenvalue weighted by Crippen LogP contribution is -2.27. The van der Waals surface area contributed by atoms with E-state index in [-0.39, 0.29) is 5.97 Å². The normalized spacial score (nSPS) is 19.1. The molecule has 0 radical (unpaired) electrons. The van der Waals surface area contributed by atoms with Gasteiger partial charge in [-0.15, -0.1) is 0 Å². The third kappa shape index (κ3) is 3.86. The Morgan fingerprint density at radius 2 is 2.29 bits per heavy atom. The molecule has 2 rings (SSSR count). The van der Waals surface area contributed by atoms with Gasteiger partial charge in [-0.2, -0.15) is 0 Å². The zero-order chi connectivity index (χ0) is 15.2. The van der Waals surface area contributed by atoms with Crippen LogP contribution in [0.4, 0.5) is 11.5 Å². The molecule has 116 valence electrons. The number of hydrogen-bond donors (Lipinski definition) is 1. The van der Waals surface area contributed by atoms with Gasteiger partial charge in [0.15, 0.2) is 0 Å². The number of methoxy groups -OCH3 is 1. The second-order valence-electron chi connectivity index (χ2n) is 5.70. The van der Waals surface area contributed by atoms with E-state index in [1.165, 1.54) is 26.4 Å². The molecule has 2 heterocycles. The summed E-state index contributed by atoms with van der Waals surface area (Å²) in [7, 11) is 1.38. The molecule has 2 N–H and O–H groups in total. The minimum absolute atomic E-state index is 0.376.